The van der Waals surface area contributed by atoms with Gasteiger partial charge in [0.05, 0.1) is 23.0 Å². The summed E-state index contributed by atoms with van der Waals surface area (Å²) in [5.74, 6) is 0.171. The van der Waals surface area contributed by atoms with Gasteiger partial charge in [0.2, 0.25) is 0 Å². The molecule has 0 radical (unpaired) electrons. The van der Waals surface area contributed by atoms with Crippen LogP contribution in [0.25, 0.3) is 11.4 Å². The Bertz CT molecular complexity index is 863. The molecule has 0 aliphatic carbocycles. The number of amides is 1. The fourth-order valence-corrected chi connectivity index (χ4v) is 2.07. The van der Waals surface area contributed by atoms with E-state index in [1.807, 2.05) is 30.3 Å². The van der Waals surface area contributed by atoms with Crippen molar-refractivity contribution >= 4 is 17.3 Å². The first-order valence-corrected chi connectivity index (χ1v) is 7.07. The Kier molecular flexibility index (Phi) is 4.24. The zero-order valence-corrected chi connectivity index (χ0v) is 12.4. The minimum atomic E-state index is -0.516. The zero-order valence-electron chi connectivity index (χ0n) is 12.4. The summed E-state index contributed by atoms with van der Waals surface area (Å²) in [6, 6.07) is 14.8. The van der Waals surface area contributed by atoms with Gasteiger partial charge in [0.15, 0.2) is 5.82 Å². The number of nitrogens with one attached hydrogen (secondary N) is 1. The molecular weight excluding hydrogens is 308 g/mol. The van der Waals surface area contributed by atoms with Crippen molar-refractivity contribution in [3.8, 4) is 11.4 Å². The summed E-state index contributed by atoms with van der Waals surface area (Å²) < 4.78 is 0. The lowest BCUT2D eigenvalue weighted by molar-refractivity contribution is -0.384. The van der Waals surface area contributed by atoms with Crippen LogP contribution in [0.15, 0.2) is 67.0 Å². The Hall–Kier alpha value is -3.61. The summed E-state index contributed by atoms with van der Waals surface area (Å²) >= 11 is 0. The second-order valence-electron chi connectivity index (χ2n) is 4.92. The van der Waals surface area contributed by atoms with Gasteiger partial charge in [-0.1, -0.05) is 30.3 Å². The molecule has 0 saturated heterocycles. The Balaban J connectivity index is 1.71. The topological polar surface area (TPSA) is 98.0 Å². The van der Waals surface area contributed by atoms with Crippen LogP contribution in [0.1, 0.15) is 10.4 Å². The van der Waals surface area contributed by atoms with Crippen LogP contribution in [-0.4, -0.2) is 20.8 Å². The van der Waals surface area contributed by atoms with Gasteiger partial charge in [0, 0.05) is 23.3 Å². The normalized spacial score (nSPS) is 10.2. The minimum absolute atomic E-state index is 0.0675. The highest BCUT2D eigenvalue weighted by atomic mass is 16.6. The van der Waals surface area contributed by atoms with E-state index >= 15 is 0 Å². The van der Waals surface area contributed by atoms with Gasteiger partial charge in [-0.15, -0.1) is 0 Å². The van der Waals surface area contributed by atoms with Crippen molar-refractivity contribution < 1.29 is 9.72 Å². The third-order valence-electron chi connectivity index (χ3n) is 3.28. The maximum atomic E-state index is 12.1. The first-order chi connectivity index (χ1) is 11.6. The number of aromatic nitrogens is 2. The van der Waals surface area contributed by atoms with Gasteiger partial charge in [-0.2, -0.15) is 0 Å². The molecule has 0 aliphatic heterocycles. The van der Waals surface area contributed by atoms with Crippen LogP contribution in [0.3, 0.4) is 0 Å². The molecule has 0 saturated carbocycles. The van der Waals surface area contributed by atoms with E-state index in [2.05, 4.69) is 15.3 Å². The Morgan fingerprint density at radius 1 is 0.958 bits per heavy atom. The van der Waals surface area contributed by atoms with Gasteiger partial charge in [-0.3, -0.25) is 14.9 Å². The molecule has 1 N–H and O–H groups in total. The number of hydrogen-bond donors (Lipinski definition) is 1. The molecule has 7 heteroatoms. The lowest BCUT2D eigenvalue weighted by Crippen LogP contribution is -2.12. The summed E-state index contributed by atoms with van der Waals surface area (Å²) in [4.78, 5) is 30.6. The molecule has 0 bridgehead atoms. The molecule has 1 heterocycles. The fourth-order valence-electron chi connectivity index (χ4n) is 2.07. The van der Waals surface area contributed by atoms with Crippen LogP contribution in [0.4, 0.5) is 11.4 Å². The minimum Gasteiger partial charge on any atom is -0.319 e. The predicted molar refractivity (Wildman–Crippen MR) is 88.5 cm³/mol. The number of hydrogen-bond acceptors (Lipinski definition) is 5. The van der Waals surface area contributed by atoms with Crippen molar-refractivity contribution in [2.75, 3.05) is 5.32 Å². The van der Waals surface area contributed by atoms with Gasteiger partial charge < -0.3 is 5.32 Å². The highest BCUT2D eigenvalue weighted by molar-refractivity contribution is 6.04. The van der Waals surface area contributed by atoms with Crippen molar-refractivity contribution in [1.29, 1.82) is 0 Å². The van der Waals surface area contributed by atoms with E-state index in [4.69, 9.17) is 0 Å². The van der Waals surface area contributed by atoms with Gasteiger partial charge in [-0.25, -0.2) is 9.97 Å². The SMILES string of the molecule is O=C(Nc1cnc(-c2ccccc2)nc1)c1ccc([N+](=O)[O-])cc1. The maximum absolute atomic E-state index is 12.1. The van der Waals surface area contributed by atoms with Gasteiger partial charge >= 0.3 is 0 Å². The average Bonchev–Trinajstić information content (AvgIpc) is 2.63. The molecule has 24 heavy (non-hydrogen) atoms. The van der Waals surface area contributed by atoms with Gasteiger partial charge in [0.25, 0.3) is 11.6 Å². The van der Waals surface area contributed by atoms with Crippen LogP contribution in [0.5, 0.6) is 0 Å². The number of non-ortho nitro benzene ring substituents is 1. The van der Waals surface area contributed by atoms with E-state index in [-0.39, 0.29) is 11.6 Å². The van der Waals surface area contributed by atoms with Crippen LogP contribution < -0.4 is 5.32 Å². The van der Waals surface area contributed by atoms with Crippen molar-refractivity contribution in [2.45, 2.75) is 0 Å². The quantitative estimate of drug-likeness (QED) is 0.587. The summed E-state index contributed by atoms with van der Waals surface area (Å²) in [6.07, 6.45) is 3.03. The van der Waals surface area contributed by atoms with Crippen LogP contribution >= 0.6 is 0 Å². The highest BCUT2D eigenvalue weighted by Gasteiger charge is 2.10. The second-order valence-corrected chi connectivity index (χ2v) is 4.92. The monoisotopic (exact) mass is 320 g/mol. The molecule has 7 nitrogen and oxygen atoms in total. The van der Waals surface area contributed by atoms with Crippen molar-refractivity contribution in [1.82, 2.24) is 9.97 Å². The van der Waals surface area contributed by atoms with E-state index in [0.717, 1.165) is 5.56 Å². The first kappa shape index (κ1) is 15.3. The third-order valence-corrected chi connectivity index (χ3v) is 3.28. The highest BCUT2D eigenvalue weighted by Crippen LogP contribution is 2.16. The van der Waals surface area contributed by atoms with Crippen LogP contribution in [-0.2, 0) is 0 Å². The summed E-state index contributed by atoms with van der Waals surface area (Å²) in [6.45, 7) is 0. The van der Waals surface area contributed by atoms with E-state index in [1.54, 1.807) is 0 Å². The van der Waals surface area contributed by atoms with Crippen molar-refractivity contribution in [3.05, 3.63) is 82.7 Å². The Labute approximate surface area is 137 Å². The standard InChI is InChI=1S/C17H12N4O3/c22-17(13-6-8-15(9-7-13)21(23)24)20-14-10-18-16(19-11-14)12-4-2-1-3-5-12/h1-11H,(H,20,22). The smallest absolute Gasteiger partial charge is 0.269 e. The number of nitro groups is 1. The Morgan fingerprint density at radius 2 is 1.58 bits per heavy atom. The number of carbonyl (C=O) groups excluding carboxylic acids is 1. The lowest BCUT2D eigenvalue weighted by atomic mass is 10.2. The molecule has 118 valence electrons. The van der Waals surface area contributed by atoms with Crippen LogP contribution in [0, 0.1) is 10.1 Å². The number of benzene rings is 2. The summed E-state index contributed by atoms with van der Waals surface area (Å²) in [7, 11) is 0. The van der Waals surface area contributed by atoms with E-state index in [0.29, 0.717) is 17.1 Å². The third kappa shape index (κ3) is 3.41. The summed E-state index contributed by atoms with van der Waals surface area (Å²) in [5, 5.41) is 13.3. The number of carbonyl (C=O) groups is 1. The Morgan fingerprint density at radius 3 is 2.17 bits per heavy atom. The van der Waals surface area contributed by atoms with E-state index < -0.39 is 4.92 Å². The summed E-state index contributed by atoms with van der Waals surface area (Å²) in [5.41, 5.74) is 1.57. The van der Waals surface area contributed by atoms with Crippen molar-refractivity contribution in [3.63, 3.8) is 0 Å². The molecule has 3 aromatic rings. The van der Waals surface area contributed by atoms with Gasteiger partial charge in [-0.05, 0) is 12.1 Å². The molecule has 0 aliphatic rings. The molecule has 1 amide bonds. The number of nitro benzene ring substituents is 1. The fraction of sp³-hybridized carbons (Fsp3) is 0. The van der Waals surface area contributed by atoms with Gasteiger partial charge in [0.1, 0.15) is 0 Å². The number of anilines is 1. The second kappa shape index (κ2) is 6.66. The van der Waals surface area contributed by atoms with Crippen LogP contribution in [0.2, 0.25) is 0 Å². The molecule has 1 aromatic heterocycles. The predicted octanol–water partition coefficient (Wildman–Crippen LogP) is 3.30. The van der Waals surface area contributed by atoms with Crippen molar-refractivity contribution in [2.24, 2.45) is 0 Å². The van der Waals surface area contributed by atoms with E-state index in [9.17, 15) is 14.9 Å². The molecule has 0 spiro atoms. The zero-order chi connectivity index (χ0) is 16.9. The lowest BCUT2D eigenvalue weighted by Gasteiger charge is -2.05. The molecule has 2 aromatic carbocycles. The molecular formula is C17H12N4O3. The molecule has 0 atom stereocenters. The maximum Gasteiger partial charge on any atom is 0.269 e. The molecule has 3 rings (SSSR count). The average molecular weight is 320 g/mol. The molecule has 0 unspecified atom stereocenters. The number of rotatable bonds is 4. The molecule has 0 fully saturated rings. The largest absolute Gasteiger partial charge is 0.319 e. The van der Waals surface area contributed by atoms with E-state index in [1.165, 1.54) is 36.7 Å². The first-order valence-electron chi connectivity index (χ1n) is 7.07. The number of nitrogens with zero attached hydrogens (tertiary/aromatic N) is 3.